The van der Waals surface area contributed by atoms with Crippen LogP contribution in [0.15, 0.2) is 36.5 Å². The minimum atomic E-state index is -1.46. The zero-order chi connectivity index (χ0) is 20.8. The molecule has 1 amide bonds. The third kappa shape index (κ3) is 5.03. The molecule has 0 fully saturated rings. The molecule has 2 aromatic rings. The highest BCUT2D eigenvalue weighted by Crippen LogP contribution is 2.21. The number of hydrogen-bond donors (Lipinski definition) is 2. The van der Waals surface area contributed by atoms with Crippen LogP contribution in [0.4, 0.5) is 4.39 Å². The minimum absolute atomic E-state index is 0.133. The first-order valence-corrected chi connectivity index (χ1v) is 8.94. The molecule has 1 heterocycles. The van der Waals surface area contributed by atoms with Gasteiger partial charge in [-0.05, 0) is 18.1 Å². The number of aliphatic carboxylic acids is 1. The first kappa shape index (κ1) is 21.3. The molecule has 0 aliphatic heterocycles. The fourth-order valence-corrected chi connectivity index (χ4v) is 3.01. The van der Waals surface area contributed by atoms with Gasteiger partial charge in [0, 0.05) is 23.9 Å². The van der Waals surface area contributed by atoms with E-state index >= 15 is 0 Å². The highest BCUT2D eigenvalue weighted by molar-refractivity contribution is 5.96. The maximum absolute atomic E-state index is 12.8. The molecule has 1 aromatic heterocycles. The van der Waals surface area contributed by atoms with Gasteiger partial charge in [-0.2, -0.15) is 0 Å². The van der Waals surface area contributed by atoms with Crippen LogP contribution in [0.2, 0.25) is 0 Å². The molecule has 0 spiro atoms. The van der Waals surface area contributed by atoms with Gasteiger partial charge in [-0.15, -0.1) is 0 Å². The molecule has 0 saturated heterocycles. The molecule has 0 saturated carbocycles. The fraction of sp³-hybridized carbons (Fsp3) is 0.400. The summed E-state index contributed by atoms with van der Waals surface area (Å²) >= 11 is 0. The van der Waals surface area contributed by atoms with Crippen LogP contribution in [0, 0.1) is 11.8 Å². The number of aromatic nitrogens is 1. The summed E-state index contributed by atoms with van der Waals surface area (Å²) in [4.78, 5) is 47.9. The first-order valence-electron chi connectivity index (χ1n) is 8.94. The number of carboxylic acids is 1. The average molecular weight is 390 g/mol. The summed E-state index contributed by atoms with van der Waals surface area (Å²) in [5.74, 6) is -4.34. The summed E-state index contributed by atoms with van der Waals surface area (Å²) < 4.78 is 14.1. The third-order valence-electron chi connectivity index (χ3n) is 4.62. The number of fused-ring (bicyclic) bond motifs is 1. The van der Waals surface area contributed by atoms with Gasteiger partial charge in [0.15, 0.2) is 5.78 Å². The second-order valence-corrected chi connectivity index (χ2v) is 6.95. The lowest BCUT2D eigenvalue weighted by atomic mass is 9.90. The van der Waals surface area contributed by atoms with E-state index in [0.29, 0.717) is 5.52 Å². The lowest BCUT2D eigenvalue weighted by Gasteiger charge is -2.23. The molecule has 28 heavy (non-hydrogen) atoms. The number of para-hydroxylation sites is 1. The number of rotatable bonds is 9. The summed E-state index contributed by atoms with van der Waals surface area (Å²) in [6.07, 6.45) is 0.781. The van der Waals surface area contributed by atoms with Crippen LogP contribution in [0.3, 0.4) is 0 Å². The zero-order valence-corrected chi connectivity index (χ0v) is 15.7. The van der Waals surface area contributed by atoms with E-state index in [-0.39, 0.29) is 18.2 Å². The lowest BCUT2D eigenvalue weighted by Crippen LogP contribution is -2.47. The van der Waals surface area contributed by atoms with E-state index in [9.17, 15) is 23.6 Å². The first-order chi connectivity index (χ1) is 13.2. The van der Waals surface area contributed by atoms with E-state index < -0.39 is 42.7 Å². The van der Waals surface area contributed by atoms with E-state index in [1.807, 2.05) is 12.1 Å². The van der Waals surface area contributed by atoms with Gasteiger partial charge in [0.05, 0.1) is 11.9 Å². The summed E-state index contributed by atoms with van der Waals surface area (Å²) in [5.41, 5.74) is 0.715. The summed E-state index contributed by atoms with van der Waals surface area (Å²) in [7, 11) is 0. The Kier molecular flexibility index (Phi) is 7.03. The average Bonchev–Trinajstić information content (AvgIpc) is 3.08. The molecule has 150 valence electrons. The zero-order valence-electron chi connectivity index (χ0n) is 15.7. The van der Waals surface area contributed by atoms with Crippen molar-refractivity contribution in [2.24, 2.45) is 11.8 Å². The number of halogens is 1. The van der Waals surface area contributed by atoms with E-state index in [4.69, 9.17) is 5.11 Å². The monoisotopic (exact) mass is 390 g/mol. The van der Waals surface area contributed by atoms with Gasteiger partial charge < -0.3 is 10.4 Å². The van der Waals surface area contributed by atoms with Crippen LogP contribution >= 0.6 is 0 Å². The Morgan fingerprint density at radius 2 is 1.79 bits per heavy atom. The number of Topliss-reactive ketones (excluding diaryl/α,β-unsaturated/α-hetero) is 1. The maximum Gasteiger partial charge on any atom is 0.305 e. The number of carbonyl (C=O) groups excluding carboxylic acids is 3. The van der Waals surface area contributed by atoms with Crippen molar-refractivity contribution in [1.29, 1.82) is 0 Å². The van der Waals surface area contributed by atoms with Gasteiger partial charge in [0.25, 0.3) is 0 Å². The molecule has 0 bridgehead atoms. The number of hydrogen-bond acceptors (Lipinski definition) is 4. The number of carboxylic acid groups (broad SMARTS) is 1. The maximum atomic E-state index is 12.8. The molecule has 0 radical (unpaired) electrons. The number of carbonyl (C=O) groups is 4. The Balaban J connectivity index is 2.17. The van der Waals surface area contributed by atoms with Gasteiger partial charge in [-0.1, -0.05) is 32.0 Å². The van der Waals surface area contributed by atoms with E-state index in [1.54, 1.807) is 38.2 Å². The van der Waals surface area contributed by atoms with Crippen molar-refractivity contribution in [2.75, 3.05) is 6.67 Å². The third-order valence-corrected chi connectivity index (χ3v) is 4.62. The van der Waals surface area contributed by atoms with E-state index in [1.165, 1.54) is 4.57 Å². The number of amides is 1. The normalized spacial score (nSPS) is 13.3. The molecule has 0 aliphatic rings. The number of benzene rings is 1. The largest absolute Gasteiger partial charge is 0.481 e. The van der Waals surface area contributed by atoms with Crippen molar-refractivity contribution in [1.82, 2.24) is 9.88 Å². The topological polar surface area (TPSA) is 105 Å². The Bertz CT molecular complexity index is 890. The van der Waals surface area contributed by atoms with Crippen molar-refractivity contribution in [2.45, 2.75) is 32.7 Å². The second-order valence-electron chi connectivity index (χ2n) is 6.95. The summed E-state index contributed by atoms with van der Waals surface area (Å²) in [6, 6.07) is 7.65. The van der Waals surface area contributed by atoms with Crippen LogP contribution in [-0.2, 0) is 14.4 Å². The van der Waals surface area contributed by atoms with Gasteiger partial charge in [-0.3, -0.25) is 23.7 Å². The number of alkyl halides is 1. The molecule has 0 aliphatic carbocycles. The second kappa shape index (κ2) is 9.25. The van der Waals surface area contributed by atoms with Crippen molar-refractivity contribution < 1.29 is 28.7 Å². The van der Waals surface area contributed by atoms with Crippen LogP contribution in [0.1, 0.15) is 31.5 Å². The van der Waals surface area contributed by atoms with Crippen LogP contribution in [0.5, 0.6) is 0 Å². The molecule has 1 aromatic carbocycles. The van der Waals surface area contributed by atoms with Crippen molar-refractivity contribution >= 4 is 34.5 Å². The smallest absolute Gasteiger partial charge is 0.305 e. The van der Waals surface area contributed by atoms with Crippen molar-refractivity contribution in [3.63, 3.8) is 0 Å². The number of nitrogens with zero attached hydrogens (tertiary/aromatic N) is 1. The molecular weight excluding hydrogens is 367 g/mol. The van der Waals surface area contributed by atoms with Crippen LogP contribution < -0.4 is 5.32 Å². The molecule has 8 heteroatoms. The molecule has 7 nitrogen and oxygen atoms in total. The van der Waals surface area contributed by atoms with Gasteiger partial charge in [0.1, 0.15) is 12.7 Å². The number of nitrogens with one attached hydrogen (secondary N) is 1. The lowest BCUT2D eigenvalue weighted by molar-refractivity contribution is -0.140. The van der Waals surface area contributed by atoms with E-state index in [2.05, 4.69) is 5.32 Å². The van der Waals surface area contributed by atoms with Gasteiger partial charge in [0.2, 0.25) is 11.8 Å². The fourth-order valence-electron chi connectivity index (χ4n) is 3.01. The van der Waals surface area contributed by atoms with Crippen LogP contribution in [-0.4, -0.2) is 46.0 Å². The van der Waals surface area contributed by atoms with Gasteiger partial charge in [-0.25, -0.2) is 4.39 Å². The van der Waals surface area contributed by atoms with Crippen molar-refractivity contribution in [3.05, 3.63) is 36.5 Å². The molecular formula is C20H23FN2O5. The molecule has 1 unspecified atom stereocenters. The Hall–Kier alpha value is -3.03. The van der Waals surface area contributed by atoms with Gasteiger partial charge >= 0.3 is 5.97 Å². The predicted octanol–water partition coefficient (Wildman–Crippen LogP) is 2.44. The molecule has 2 rings (SSSR count). The number of ketones is 1. The predicted molar refractivity (Wildman–Crippen MR) is 101 cm³/mol. The van der Waals surface area contributed by atoms with Crippen LogP contribution in [0.25, 0.3) is 10.9 Å². The highest BCUT2D eigenvalue weighted by atomic mass is 19.1. The standard InChI is InChI=1S/C20H23FN2O5/c1-12(2)14(20(28)22-15(10-19(26)27)17(24)11-21)9-18(25)23-8-7-13-5-3-4-6-16(13)23/h3-8,12,14-15H,9-11H2,1-2H3,(H,22,28)(H,26,27)/t14-,15?/m0/s1. The Morgan fingerprint density at radius 3 is 2.39 bits per heavy atom. The van der Waals surface area contributed by atoms with Crippen molar-refractivity contribution in [3.8, 4) is 0 Å². The summed E-state index contributed by atoms with van der Waals surface area (Å²) in [5, 5.41) is 12.1. The minimum Gasteiger partial charge on any atom is -0.481 e. The Morgan fingerprint density at radius 1 is 1.11 bits per heavy atom. The quantitative estimate of drug-likeness (QED) is 0.684. The Labute approximate surface area is 161 Å². The SMILES string of the molecule is CC(C)[C@H](CC(=O)n1ccc2ccccc21)C(=O)NC(CC(=O)O)C(=O)CF. The molecule has 2 atom stereocenters. The highest BCUT2D eigenvalue weighted by Gasteiger charge is 2.30. The van der Waals surface area contributed by atoms with E-state index in [0.717, 1.165) is 5.39 Å². The molecule has 2 N–H and O–H groups in total. The summed E-state index contributed by atoms with van der Waals surface area (Å²) in [6.45, 7) is 2.11.